The quantitative estimate of drug-likeness (QED) is 0.423. The lowest BCUT2D eigenvalue weighted by Crippen LogP contribution is -2.11. The molecule has 0 aliphatic carbocycles. The van der Waals surface area contributed by atoms with Crippen LogP contribution < -0.4 is 10.1 Å². The zero-order valence-electron chi connectivity index (χ0n) is 17.1. The zero-order chi connectivity index (χ0) is 20.9. The lowest BCUT2D eigenvalue weighted by atomic mass is 10.0. The van der Waals surface area contributed by atoms with Crippen LogP contribution in [0.5, 0.6) is 5.75 Å². The number of hydrogen-bond donors (Lipinski definition) is 1. The smallest absolute Gasteiger partial charge is 0.255 e. The Bertz CT molecular complexity index is 1150. The van der Waals surface area contributed by atoms with E-state index in [1.54, 1.807) is 24.3 Å². The van der Waals surface area contributed by atoms with E-state index in [0.29, 0.717) is 23.8 Å². The van der Waals surface area contributed by atoms with Crippen molar-refractivity contribution in [3.05, 3.63) is 102 Å². The number of para-hydroxylation sites is 1. The molecule has 150 valence electrons. The molecule has 0 aliphatic rings. The number of carbonyl (C=O) groups is 1. The van der Waals surface area contributed by atoms with Crippen LogP contribution in [0.2, 0.25) is 0 Å². The first kappa shape index (κ1) is 19.6. The van der Waals surface area contributed by atoms with Crippen molar-refractivity contribution in [3.63, 3.8) is 0 Å². The molecule has 3 aromatic carbocycles. The summed E-state index contributed by atoms with van der Waals surface area (Å²) < 4.78 is 5.84. The molecule has 4 heteroatoms. The van der Waals surface area contributed by atoms with Gasteiger partial charge in [-0.3, -0.25) is 4.79 Å². The fourth-order valence-corrected chi connectivity index (χ4v) is 3.20. The van der Waals surface area contributed by atoms with E-state index in [1.807, 2.05) is 60.7 Å². The third-order valence-corrected chi connectivity index (χ3v) is 4.99. The van der Waals surface area contributed by atoms with Gasteiger partial charge in [0.25, 0.3) is 5.91 Å². The Balaban J connectivity index is 1.36. The van der Waals surface area contributed by atoms with Crippen molar-refractivity contribution < 1.29 is 9.53 Å². The lowest BCUT2D eigenvalue weighted by molar-refractivity contribution is 0.102. The molecule has 0 unspecified atom stereocenters. The van der Waals surface area contributed by atoms with Crippen molar-refractivity contribution in [2.24, 2.45) is 0 Å². The number of aromatic nitrogens is 1. The molecule has 1 amide bonds. The number of fused-ring (bicyclic) bond motifs is 1. The van der Waals surface area contributed by atoms with E-state index in [2.05, 4.69) is 24.1 Å². The van der Waals surface area contributed by atoms with Gasteiger partial charge < -0.3 is 10.1 Å². The van der Waals surface area contributed by atoms with Gasteiger partial charge in [-0.2, -0.15) is 0 Å². The fraction of sp³-hybridized carbons (Fsp3) is 0.154. The number of hydrogen-bond acceptors (Lipinski definition) is 3. The Kier molecular flexibility index (Phi) is 5.75. The third-order valence-electron chi connectivity index (χ3n) is 4.99. The van der Waals surface area contributed by atoms with Crippen LogP contribution in [0, 0.1) is 0 Å². The second-order valence-corrected chi connectivity index (χ2v) is 7.54. The second kappa shape index (κ2) is 8.78. The van der Waals surface area contributed by atoms with Crippen LogP contribution in [0.1, 0.15) is 41.4 Å². The Morgan fingerprint density at radius 3 is 2.37 bits per heavy atom. The van der Waals surface area contributed by atoms with Crippen LogP contribution in [0.15, 0.2) is 84.9 Å². The third kappa shape index (κ3) is 4.66. The van der Waals surface area contributed by atoms with Gasteiger partial charge in [-0.05, 0) is 60.0 Å². The molecule has 4 nitrogen and oxygen atoms in total. The highest BCUT2D eigenvalue weighted by atomic mass is 16.5. The summed E-state index contributed by atoms with van der Waals surface area (Å²) in [4.78, 5) is 17.1. The molecule has 0 aliphatic heterocycles. The minimum absolute atomic E-state index is 0.143. The topological polar surface area (TPSA) is 51.2 Å². The maximum Gasteiger partial charge on any atom is 0.255 e. The molecular formula is C26H24N2O2. The SMILES string of the molecule is CC(C)c1ccc(NC(=O)c2ccc(OCc3ccc4ccccc4n3)cc2)cc1. The van der Waals surface area contributed by atoms with Gasteiger partial charge in [-0.1, -0.05) is 50.2 Å². The molecule has 1 N–H and O–H groups in total. The van der Waals surface area contributed by atoms with Gasteiger partial charge in [0.2, 0.25) is 0 Å². The van der Waals surface area contributed by atoms with E-state index in [9.17, 15) is 4.79 Å². The Hall–Kier alpha value is -3.66. The first-order chi connectivity index (χ1) is 14.6. The zero-order valence-corrected chi connectivity index (χ0v) is 17.1. The molecular weight excluding hydrogens is 372 g/mol. The molecule has 1 aromatic heterocycles. The van der Waals surface area contributed by atoms with Crippen LogP contribution >= 0.6 is 0 Å². The summed E-state index contributed by atoms with van der Waals surface area (Å²) in [5, 5.41) is 4.04. The number of carbonyl (C=O) groups excluding carboxylic acids is 1. The van der Waals surface area contributed by atoms with Crippen LogP contribution in [0.4, 0.5) is 5.69 Å². The number of benzene rings is 3. The molecule has 0 spiro atoms. The lowest BCUT2D eigenvalue weighted by Gasteiger charge is -2.10. The van der Waals surface area contributed by atoms with Gasteiger partial charge in [0, 0.05) is 16.6 Å². The summed E-state index contributed by atoms with van der Waals surface area (Å²) in [5.74, 6) is 1.02. The van der Waals surface area contributed by atoms with Crippen molar-refractivity contribution in [1.82, 2.24) is 4.98 Å². The number of ether oxygens (including phenoxy) is 1. The van der Waals surface area contributed by atoms with Gasteiger partial charge in [-0.15, -0.1) is 0 Å². The van der Waals surface area contributed by atoms with Crippen molar-refractivity contribution in [2.75, 3.05) is 5.32 Å². The summed E-state index contributed by atoms with van der Waals surface area (Å²) in [6.45, 7) is 4.67. The van der Waals surface area contributed by atoms with Crippen molar-refractivity contribution >= 4 is 22.5 Å². The van der Waals surface area contributed by atoms with Crippen molar-refractivity contribution in [1.29, 1.82) is 0 Å². The van der Waals surface area contributed by atoms with E-state index < -0.39 is 0 Å². The Morgan fingerprint density at radius 1 is 0.900 bits per heavy atom. The molecule has 0 fully saturated rings. The second-order valence-electron chi connectivity index (χ2n) is 7.54. The van der Waals surface area contributed by atoms with Crippen LogP contribution in [-0.2, 0) is 6.61 Å². The number of anilines is 1. The number of nitrogens with one attached hydrogen (secondary N) is 1. The van der Waals surface area contributed by atoms with Gasteiger partial charge in [0.1, 0.15) is 12.4 Å². The minimum atomic E-state index is -0.143. The van der Waals surface area contributed by atoms with E-state index in [-0.39, 0.29) is 5.91 Å². The van der Waals surface area contributed by atoms with Gasteiger partial charge in [0.15, 0.2) is 0 Å². The van der Waals surface area contributed by atoms with Crippen molar-refractivity contribution in [2.45, 2.75) is 26.4 Å². The van der Waals surface area contributed by atoms with Crippen LogP contribution in [-0.4, -0.2) is 10.9 Å². The Morgan fingerprint density at radius 2 is 1.63 bits per heavy atom. The average molecular weight is 396 g/mol. The highest BCUT2D eigenvalue weighted by molar-refractivity contribution is 6.04. The van der Waals surface area contributed by atoms with E-state index in [0.717, 1.165) is 22.3 Å². The maximum atomic E-state index is 12.5. The number of amides is 1. The summed E-state index contributed by atoms with van der Waals surface area (Å²) in [6.07, 6.45) is 0. The molecule has 0 bridgehead atoms. The number of nitrogens with zero attached hydrogens (tertiary/aromatic N) is 1. The molecule has 30 heavy (non-hydrogen) atoms. The first-order valence-corrected chi connectivity index (χ1v) is 10.1. The van der Waals surface area contributed by atoms with E-state index >= 15 is 0 Å². The number of rotatable bonds is 6. The fourth-order valence-electron chi connectivity index (χ4n) is 3.20. The van der Waals surface area contributed by atoms with Crippen LogP contribution in [0.25, 0.3) is 10.9 Å². The normalized spacial score (nSPS) is 10.9. The minimum Gasteiger partial charge on any atom is -0.487 e. The molecule has 4 aromatic rings. The summed E-state index contributed by atoms with van der Waals surface area (Å²) in [6, 6.07) is 27.1. The molecule has 1 heterocycles. The summed E-state index contributed by atoms with van der Waals surface area (Å²) in [7, 11) is 0. The monoisotopic (exact) mass is 396 g/mol. The molecule has 0 saturated carbocycles. The van der Waals surface area contributed by atoms with Crippen LogP contribution in [0.3, 0.4) is 0 Å². The number of pyridine rings is 1. The molecule has 4 rings (SSSR count). The predicted molar refractivity (Wildman–Crippen MR) is 121 cm³/mol. The summed E-state index contributed by atoms with van der Waals surface area (Å²) in [5.41, 5.74) is 4.43. The van der Waals surface area contributed by atoms with Gasteiger partial charge >= 0.3 is 0 Å². The maximum absolute atomic E-state index is 12.5. The highest BCUT2D eigenvalue weighted by Gasteiger charge is 2.07. The summed E-state index contributed by atoms with van der Waals surface area (Å²) >= 11 is 0. The molecule has 0 radical (unpaired) electrons. The standard InChI is InChI=1S/C26H24N2O2/c1-18(2)19-7-12-22(13-8-19)28-26(29)21-10-15-24(16-11-21)30-17-23-14-9-20-5-3-4-6-25(20)27-23/h3-16,18H,17H2,1-2H3,(H,28,29). The predicted octanol–water partition coefficient (Wildman–Crippen LogP) is 6.19. The van der Waals surface area contributed by atoms with Crippen molar-refractivity contribution in [3.8, 4) is 5.75 Å². The molecule has 0 atom stereocenters. The first-order valence-electron chi connectivity index (χ1n) is 10.1. The van der Waals surface area contributed by atoms with Gasteiger partial charge in [0.05, 0.1) is 11.2 Å². The largest absolute Gasteiger partial charge is 0.487 e. The average Bonchev–Trinajstić information content (AvgIpc) is 2.78. The Labute approximate surface area is 176 Å². The molecule has 0 saturated heterocycles. The van der Waals surface area contributed by atoms with Gasteiger partial charge in [-0.25, -0.2) is 4.98 Å². The van der Waals surface area contributed by atoms with E-state index in [4.69, 9.17) is 4.74 Å². The highest BCUT2D eigenvalue weighted by Crippen LogP contribution is 2.19. The van der Waals surface area contributed by atoms with E-state index in [1.165, 1.54) is 5.56 Å².